The zero-order valence-electron chi connectivity index (χ0n) is 16.4. The van der Waals surface area contributed by atoms with Crippen LogP contribution in [-0.2, 0) is 9.63 Å². The van der Waals surface area contributed by atoms with E-state index in [2.05, 4.69) is 14.3 Å². The van der Waals surface area contributed by atoms with Crippen LogP contribution in [-0.4, -0.2) is 68.2 Å². The quantitative estimate of drug-likeness (QED) is 0.581. The van der Waals surface area contributed by atoms with Crippen molar-refractivity contribution in [3.63, 3.8) is 0 Å². The SMILES string of the molecule is CON(C)C(=O)C1CN(c2cc(C)c3c(=O)c(C(=O)O)cn(-c4ncns4)c3n2)C1. The molecule has 1 saturated heterocycles. The van der Waals surface area contributed by atoms with Crippen molar-refractivity contribution >= 4 is 40.3 Å². The van der Waals surface area contributed by atoms with Gasteiger partial charge in [0.25, 0.3) is 5.91 Å². The van der Waals surface area contributed by atoms with Gasteiger partial charge in [-0.25, -0.2) is 19.8 Å². The van der Waals surface area contributed by atoms with Crippen LogP contribution in [0.1, 0.15) is 15.9 Å². The number of nitrogens with zero attached hydrogens (tertiary/aromatic N) is 6. The lowest BCUT2D eigenvalue weighted by molar-refractivity contribution is -0.174. The molecule has 11 nitrogen and oxygen atoms in total. The van der Waals surface area contributed by atoms with Gasteiger partial charge in [0, 0.05) is 37.9 Å². The van der Waals surface area contributed by atoms with E-state index in [0.29, 0.717) is 35.2 Å². The molecule has 0 atom stereocenters. The number of carboxylic acid groups (broad SMARTS) is 1. The zero-order chi connectivity index (χ0) is 21.6. The number of hydrogen-bond acceptors (Lipinski definition) is 9. The number of aryl methyl sites for hydroxylation is 1. The number of aromatic nitrogens is 4. The Hall–Kier alpha value is -3.38. The molecule has 4 rings (SSSR count). The third-order valence-corrected chi connectivity index (χ3v) is 5.73. The Morgan fingerprint density at radius 1 is 1.37 bits per heavy atom. The topological polar surface area (TPSA) is 131 Å². The highest BCUT2D eigenvalue weighted by atomic mass is 32.1. The Morgan fingerprint density at radius 3 is 2.70 bits per heavy atom. The first-order valence-corrected chi connectivity index (χ1v) is 9.73. The standard InChI is InChI=1S/C18H18N6O5S/c1-9-4-12(23-5-10(6-23)16(26)22(2)29-3)21-15-13(9)14(25)11(17(27)28)7-24(15)18-19-8-20-30-18/h4,7-8,10H,5-6H2,1-3H3,(H,27,28). The van der Waals surface area contributed by atoms with Crippen LogP contribution in [0.3, 0.4) is 0 Å². The van der Waals surface area contributed by atoms with E-state index in [4.69, 9.17) is 4.84 Å². The van der Waals surface area contributed by atoms with Crippen LogP contribution in [0.4, 0.5) is 5.82 Å². The molecular weight excluding hydrogens is 412 g/mol. The number of carbonyl (C=O) groups is 2. The first-order chi connectivity index (χ1) is 14.3. The molecule has 30 heavy (non-hydrogen) atoms. The van der Waals surface area contributed by atoms with E-state index in [1.807, 2.05) is 4.90 Å². The van der Waals surface area contributed by atoms with Crippen molar-refractivity contribution in [3.8, 4) is 5.13 Å². The average Bonchev–Trinajstić information content (AvgIpc) is 3.20. The number of carboxylic acids is 1. The zero-order valence-corrected chi connectivity index (χ0v) is 17.2. The Kier molecular flexibility index (Phi) is 4.95. The van der Waals surface area contributed by atoms with Crippen molar-refractivity contribution in [1.82, 2.24) is 24.0 Å². The molecule has 1 N–H and O–H groups in total. The summed E-state index contributed by atoms with van der Waals surface area (Å²) in [5, 5.41) is 11.3. The normalized spacial score (nSPS) is 14.0. The molecule has 4 heterocycles. The van der Waals surface area contributed by atoms with Crippen LogP contribution in [0.15, 0.2) is 23.4 Å². The fourth-order valence-corrected chi connectivity index (χ4v) is 3.89. The van der Waals surface area contributed by atoms with Gasteiger partial charge in [0.15, 0.2) is 5.65 Å². The van der Waals surface area contributed by atoms with Gasteiger partial charge < -0.3 is 10.0 Å². The number of hydrogen-bond donors (Lipinski definition) is 1. The third-order valence-electron chi connectivity index (χ3n) is 5.07. The van der Waals surface area contributed by atoms with E-state index in [0.717, 1.165) is 11.5 Å². The molecule has 3 aromatic heterocycles. The molecule has 156 valence electrons. The summed E-state index contributed by atoms with van der Waals surface area (Å²) in [4.78, 5) is 52.2. The molecule has 0 radical (unpaired) electrons. The average molecular weight is 430 g/mol. The number of hydroxylamine groups is 2. The number of anilines is 1. The molecule has 0 unspecified atom stereocenters. The molecule has 0 aliphatic carbocycles. The minimum atomic E-state index is -1.32. The van der Waals surface area contributed by atoms with Crippen molar-refractivity contribution in [2.75, 3.05) is 32.1 Å². The first-order valence-electron chi connectivity index (χ1n) is 8.95. The summed E-state index contributed by atoms with van der Waals surface area (Å²) in [6.07, 6.45) is 2.57. The molecule has 12 heteroatoms. The van der Waals surface area contributed by atoms with E-state index >= 15 is 0 Å². The van der Waals surface area contributed by atoms with Crippen LogP contribution < -0.4 is 10.3 Å². The summed E-state index contributed by atoms with van der Waals surface area (Å²) in [5.74, 6) is -1.07. The predicted octanol–water partition coefficient (Wildman–Crippen LogP) is 0.700. The minimum Gasteiger partial charge on any atom is -0.477 e. The lowest BCUT2D eigenvalue weighted by Crippen LogP contribution is -2.54. The fourth-order valence-electron chi connectivity index (χ4n) is 3.38. The lowest BCUT2D eigenvalue weighted by atomic mass is 9.98. The molecular formula is C18H18N6O5S. The van der Waals surface area contributed by atoms with E-state index in [9.17, 15) is 19.5 Å². The van der Waals surface area contributed by atoms with Crippen LogP contribution in [0, 0.1) is 12.8 Å². The minimum absolute atomic E-state index is 0.122. The Morgan fingerprint density at radius 2 is 2.10 bits per heavy atom. The Balaban J connectivity index is 1.80. The number of aromatic carboxylic acids is 1. The third kappa shape index (κ3) is 3.19. The maximum Gasteiger partial charge on any atom is 0.341 e. The maximum atomic E-state index is 12.8. The van der Waals surface area contributed by atoms with Crippen LogP contribution >= 0.6 is 11.5 Å². The Bertz CT molecular complexity index is 1200. The summed E-state index contributed by atoms with van der Waals surface area (Å²) < 4.78 is 5.42. The number of amides is 1. The van der Waals surface area contributed by atoms with Gasteiger partial charge in [-0.1, -0.05) is 0 Å². The van der Waals surface area contributed by atoms with E-state index in [1.54, 1.807) is 20.0 Å². The predicted molar refractivity (Wildman–Crippen MR) is 108 cm³/mol. The van der Waals surface area contributed by atoms with Gasteiger partial charge in [-0.05, 0) is 18.6 Å². The fraction of sp³-hybridized carbons (Fsp3) is 0.333. The Labute approximate surface area is 174 Å². The highest BCUT2D eigenvalue weighted by molar-refractivity contribution is 7.08. The molecule has 0 bridgehead atoms. The second kappa shape index (κ2) is 7.46. The van der Waals surface area contributed by atoms with Crippen molar-refractivity contribution in [1.29, 1.82) is 0 Å². The van der Waals surface area contributed by atoms with Crippen LogP contribution in [0.25, 0.3) is 16.2 Å². The maximum absolute atomic E-state index is 12.8. The number of pyridine rings is 2. The summed E-state index contributed by atoms with van der Waals surface area (Å²) in [6.45, 7) is 2.65. The van der Waals surface area contributed by atoms with Gasteiger partial charge in [-0.2, -0.15) is 4.37 Å². The van der Waals surface area contributed by atoms with E-state index in [-0.39, 0.29) is 22.8 Å². The van der Waals surface area contributed by atoms with Crippen LogP contribution in [0.5, 0.6) is 0 Å². The second-order valence-corrected chi connectivity index (χ2v) is 7.65. The first kappa shape index (κ1) is 19.9. The van der Waals surface area contributed by atoms with Crippen molar-refractivity contribution in [3.05, 3.63) is 39.9 Å². The number of fused-ring (bicyclic) bond motifs is 1. The molecule has 1 fully saturated rings. The highest BCUT2D eigenvalue weighted by Gasteiger charge is 2.36. The van der Waals surface area contributed by atoms with Gasteiger partial charge in [0.2, 0.25) is 10.6 Å². The van der Waals surface area contributed by atoms with Gasteiger partial charge in [0.1, 0.15) is 17.7 Å². The highest BCUT2D eigenvalue weighted by Crippen LogP contribution is 2.28. The molecule has 0 saturated carbocycles. The summed E-state index contributed by atoms with van der Waals surface area (Å²) in [5.41, 5.74) is -0.0913. The smallest absolute Gasteiger partial charge is 0.341 e. The van der Waals surface area contributed by atoms with Gasteiger partial charge in [0.05, 0.1) is 18.4 Å². The van der Waals surface area contributed by atoms with Crippen LogP contribution in [0.2, 0.25) is 0 Å². The summed E-state index contributed by atoms with van der Waals surface area (Å²) in [6, 6.07) is 1.72. The van der Waals surface area contributed by atoms with Crippen molar-refractivity contribution < 1.29 is 19.5 Å². The molecule has 1 amide bonds. The molecule has 1 aliphatic rings. The van der Waals surface area contributed by atoms with Gasteiger partial charge in [-0.15, -0.1) is 0 Å². The summed E-state index contributed by atoms with van der Waals surface area (Å²) in [7, 11) is 2.99. The van der Waals surface area contributed by atoms with Crippen molar-refractivity contribution in [2.45, 2.75) is 6.92 Å². The second-order valence-electron chi connectivity index (χ2n) is 6.89. The molecule has 1 aliphatic heterocycles. The van der Waals surface area contributed by atoms with E-state index in [1.165, 1.54) is 29.3 Å². The molecule has 0 aromatic carbocycles. The van der Waals surface area contributed by atoms with Gasteiger partial charge >= 0.3 is 5.97 Å². The van der Waals surface area contributed by atoms with E-state index < -0.39 is 11.4 Å². The summed E-state index contributed by atoms with van der Waals surface area (Å²) >= 11 is 1.06. The largest absolute Gasteiger partial charge is 0.477 e. The number of rotatable bonds is 5. The van der Waals surface area contributed by atoms with Gasteiger partial charge in [-0.3, -0.25) is 19.0 Å². The molecule has 3 aromatic rings. The number of carbonyl (C=O) groups excluding carboxylic acids is 1. The van der Waals surface area contributed by atoms with Crippen molar-refractivity contribution in [2.24, 2.45) is 5.92 Å². The monoisotopic (exact) mass is 430 g/mol. The lowest BCUT2D eigenvalue weighted by Gasteiger charge is -2.40. The molecule has 0 spiro atoms.